The molecule has 0 saturated carbocycles. The van der Waals surface area contributed by atoms with Crippen molar-refractivity contribution in [2.75, 3.05) is 5.32 Å². The van der Waals surface area contributed by atoms with E-state index in [2.05, 4.69) is 52.0 Å². The van der Waals surface area contributed by atoms with Gasteiger partial charge in [0.05, 0.1) is 5.69 Å². The van der Waals surface area contributed by atoms with Crippen LogP contribution in [0.4, 0.5) is 5.69 Å². The van der Waals surface area contributed by atoms with Gasteiger partial charge in [-0.25, -0.2) is 4.68 Å². The predicted molar refractivity (Wildman–Crippen MR) is 77.7 cm³/mol. The molecule has 5 heteroatoms. The molecule has 1 N–H and O–H groups in total. The van der Waals surface area contributed by atoms with Gasteiger partial charge in [0.25, 0.3) is 0 Å². The zero-order valence-corrected chi connectivity index (χ0v) is 11.2. The molecule has 1 aromatic heterocycles. The second-order valence-electron chi connectivity index (χ2n) is 4.58. The average Bonchev–Trinajstić information content (AvgIpc) is 3.01. The van der Waals surface area contributed by atoms with Crippen molar-refractivity contribution in [3.8, 4) is 5.69 Å². The van der Waals surface area contributed by atoms with Crippen molar-refractivity contribution in [3.63, 3.8) is 0 Å². The molecule has 0 radical (unpaired) electrons. The van der Waals surface area contributed by atoms with Gasteiger partial charge in [-0.2, -0.15) is 0 Å². The van der Waals surface area contributed by atoms with E-state index < -0.39 is 0 Å². The summed E-state index contributed by atoms with van der Waals surface area (Å²) in [5.74, 6) is 0. The van der Waals surface area contributed by atoms with E-state index in [0.717, 1.165) is 17.9 Å². The number of tetrazole rings is 1. The first-order valence-electron chi connectivity index (χ1n) is 6.45. The minimum atomic E-state index is 0.816. The lowest BCUT2D eigenvalue weighted by Gasteiger charge is -2.09. The maximum atomic E-state index is 3.86. The monoisotopic (exact) mass is 265 g/mol. The largest absolute Gasteiger partial charge is 0.381 e. The standard InChI is InChI=1S/C15H15N5/c1-12-4-2-3-5-13(12)10-16-14-6-8-15(9-7-14)20-11-17-18-19-20/h2-9,11,16H,10H2,1H3. The molecule has 0 aliphatic heterocycles. The van der Waals surface area contributed by atoms with Gasteiger partial charge in [-0.05, 0) is 52.7 Å². The third-order valence-electron chi connectivity index (χ3n) is 3.23. The third-order valence-corrected chi connectivity index (χ3v) is 3.23. The second kappa shape index (κ2) is 5.52. The SMILES string of the molecule is Cc1ccccc1CNc1ccc(-n2cnnn2)cc1. The molecule has 0 atom stereocenters. The summed E-state index contributed by atoms with van der Waals surface area (Å²) in [5.41, 5.74) is 4.61. The minimum Gasteiger partial charge on any atom is -0.381 e. The molecule has 5 nitrogen and oxygen atoms in total. The van der Waals surface area contributed by atoms with Crippen LogP contribution in [0.1, 0.15) is 11.1 Å². The Kier molecular flexibility index (Phi) is 3.41. The van der Waals surface area contributed by atoms with E-state index in [1.54, 1.807) is 11.0 Å². The molecule has 100 valence electrons. The molecule has 0 aliphatic carbocycles. The maximum Gasteiger partial charge on any atom is 0.143 e. The number of nitrogens with zero attached hydrogens (tertiary/aromatic N) is 4. The number of benzene rings is 2. The second-order valence-corrected chi connectivity index (χ2v) is 4.58. The Bertz CT molecular complexity index is 674. The number of aromatic nitrogens is 4. The Balaban J connectivity index is 1.68. The Morgan fingerprint density at radius 3 is 2.55 bits per heavy atom. The summed E-state index contributed by atoms with van der Waals surface area (Å²) in [6, 6.07) is 16.4. The fraction of sp³-hybridized carbons (Fsp3) is 0.133. The highest BCUT2D eigenvalue weighted by atomic mass is 15.5. The number of nitrogens with one attached hydrogen (secondary N) is 1. The molecule has 1 heterocycles. The van der Waals surface area contributed by atoms with Gasteiger partial charge >= 0.3 is 0 Å². The van der Waals surface area contributed by atoms with E-state index >= 15 is 0 Å². The van der Waals surface area contributed by atoms with Gasteiger partial charge in [-0.1, -0.05) is 24.3 Å². The number of rotatable bonds is 4. The van der Waals surface area contributed by atoms with Crippen LogP contribution in [0.5, 0.6) is 0 Å². The lowest BCUT2D eigenvalue weighted by Crippen LogP contribution is -2.01. The summed E-state index contributed by atoms with van der Waals surface area (Å²) in [6.45, 7) is 2.94. The van der Waals surface area contributed by atoms with E-state index in [9.17, 15) is 0 Å². The van der Waals surface area contributed by atoms with Crippen molar-refractivity contribution in [1.29, 1.82) is 0 Å². The summed E-state index contributed by atoms with van der Waals surface area (Å²) >= 11 is 0. The van der Waals surface area contributed by atoms with Gasteiger partial charge in [0, 0.05) is 12.2 Å². The molecular formula is C15H15N5. The highest BCUT2D eigenvalue weighted by molar-refractivity contribution is 5.49. The van der Waals surface area contributed by atoms with Crippen molar-refractivity contribution < 1.29 is 0 Å². The molecule has 0 unspecified atom stereocenters. The van der Waals surface area contributed by atoms with Crippen molar-refractivity contribution in [3.05, 3.63) is 66.0 Å². The first-order valence-corrected chi connectivity index (χ1v) is 6.45. The van der Waals surface area contributed by atoms with E-state index in [-0.39, 0.29) is 0 Å². The zero-order chi connectivity index (χ0) is 13.8. The first kappa shape index (κ1) is 12.3. The Morgan fingerprint density at radius 1 is 1.05 bits per heavy atom. The highest BCUT2D eigenvalue weighted by Crippen LogP contribution is 2.14. The Hall–Kier alpha value is -2.69. The van der Waals surface area contributed by atoms with Crippen LogP contribution >= 0.6 is 0 Å². The van der Waals surface area contributed by atoms with Crippen LogP contribution in [0, 0.1) is 6.92 Å². The topological polar surface area (TPSA) is 55.6 Å². The summed E-state index contributed by atoms with van der Waals surface area (Å²) in [7, 11) is 0. The highest BCUT2D eigenvalue weighted by Gasteiger charge is 1.99. The summed E-state index contributed by atoms with van der Waals surface area (Å²) in [6.07, 6.45) is 1.58. The molecular weight excluding hydrogens is 250 g/mol. The van der Waals surface area contributed by atoms with Crippen LogP contribution in [-0.2, 0) is 6.54 Å². The molecule has 0 bridgehead atoms. The van der Waals surface area contributed by atoms with Crippen molar-refractivity contribution in [2.24, 2.45) is 0 Å². The zero-order valence-electron chi connectivity index (χ0n) is 11.2. The van der Waals surface area contributed by atoms with E-state index in [1.807, 2.05) is 24.3 Å². The third kappa shape index (κ3) is 2.66. The molecule has 3 rings (SSSR count). The molecule has 2 aromatic carbocycles. The van der Waals surface area contributed by atoms with Gasteiger partial charge in [0.2, 0.25) is 0 Å². The average molecular weight is 265 g/mol. The number of anilines is 1. The van der Waals surface area contributed by atoms with Crippen molar-refractivity contribution in [1.82, 2.24) is 20.2 Å². The molecule has 0 aliphatic rings. The summed E-state index contributed by atoms with van der Waals surface area (Å²) in [5, 5.41) is 14.5. The van der Waals surface area contributed by atoms with Crippen LogP contribution in [0.15, 0.2) is 54.9 Å². The minimum absolute atomic E-state index is 0.816. The smallest absolute Gasteiger partial charge is 0.143 e. The molecule has 0 amide bonds. The van der Waals surface area contributed by atoms with Crippen LogP contribution in [0.3, 0.4) is 0 Å². The molecule has 0 saturated heterocycles. The van der Waals surface area contributed by atoms with E-state index in [4.69, 9.17) is 0 Å². The molecule has 0 fully saturated rings. The van der Waals surface area contributed by atoms with Crippen molar-refractivity contribution >= 4 is 5.69 Å². The van der Waals surface area contributed by atoms with Crippen LogP contribution < -0.4 is 5.32 Å². The number of aryl methyl sites for hydroxylation is 1. The lowest BCUT2D eigenvalue weighted by atomic mass is 10.1. The van der Waals surface area contributed by atoms with Crippen LogP contribution in [0.2, 0.25) is 0 Å². The van der Waals surface area contributed by atoms with E-state index in [0.29, 0.717) is 0 Å². The lowest BCUT2D eigenvalue weighted by molar-refractivity contribution is 0.789. The molecule has 0 spiro atoms. The maximum absolute atomic E-state index is 3.86. The van der Waals surface area contributed by atoms with E-state index in [1.165, 1.54) is 11.1 Å². The van der Waals surface area contributed by atoms with Crippen molar-refractivity contribution in [2.45, 2.75) is 13.5 Å². The number of hydrogen-bond acceptors (Lipinski definition) is 4. The van der Waals surface area contributed by atoms with Gasteiger partial charge < -0.3 is 5.32 Å². The fourth-order valence-electron chi connectivity index (χ4n) is 2.02. The summed E-state index contributed by atoms with van der Waals surface area (Å²) in [4.78, 5) is 0. The number of hydrogen-bond donors (Lipinski definition) is 1. The van der Waals surface area contributed by atoms with Gasteiger partial charge in [-0.3, -0.25) is 0 Å². The summed E-state index contributed by atoms with van der Waals surface area (Å²) < 4.78 is 1.63. The predicted octanol–water partition coefficient (Wildman–Crippen LogP) is 2.58. The van der Waals surface area contributed by atoms with Gasteiger partial charge in [0.15, 0.2) is 0 Å². The van der Waals surface area contributed by atoms with Gasteiger partial charge in [0.1, 0.15) is 6.33 Å². The fourth-order valence-corrected chi connectivity index (χ4v) is 2.02. The first-order chi connectivity index (χ1) is 9.83. The normalized spacial score (nSPS) is 10.4. The molecule has 20 heavy (non-hydrogen) atoms. The Morgan fingerprint density at radius 2 is 1.85 bits per heavy atom. The molecule has 3 aromatic rings. The van der Waals surface area contributed by atoms with Crippen LogP contribution in [-0.4, -0.2) is 20.2 Å². The Labute approximate surface area is 117 Å². The van der Waals surface area contributed by atoms with Gasteiger partial charge in [-0.15, -0.1) is 5.10 Å². The quantitative estimate of drug-likeness (QED) is 0.787. The van der Waals surface area contributed by atoms with Crippen LogP contribution in [0.25, 0.3) is 5.69 Å².